The average Bonchev–Trinajstić information content (AvgIpc) is 3.38. The van der Waals surface area contributed by atoms with Crippen LogP contribution in [0.1, 0.15) is 0 Å². The van der Waals surface area contributed by atoms with E-state index < -0.39 is 0 Å². The Morgan fingerprint density at radius 1 is 0.125 bits per heavy atom. The summed E-state index contributed by atoms with van der Waals surface area (Å²) in [6, 6.07) is 93.5. The summed E-state index contributed by atoms with van der Waals surface area (Å²) in [6.07, 6.45) is 0. The Kier molecular flexibility index (Phi) is 9.28. The highest BCUT2D eigenvalue weighted by molar-refractivity contribution is 6.30. The van der Waals surface area contributed by atoms with Crippen LogP contribution in [-0.2, 0) is 0 Å². The highest BCUT2D eigenvalue weighted by Gasteiger charge is 2.25. The van der Waals surface area contributed by atoms with Gasteiger partial charge in [-0.3, -0.25) is 0 Å². The third kappa shape index (κ3) is 6.15. The molecule has 0 saturated heterocycles. The van der Waals surface area contributed by atoms with Gasteiger partial charge in [0.1, 0.15) is 0 Å². The van der Waals surface area contributed by atoms with Crippen LogP contribution in [0.3, 0.4) is 0 Å². The Morgan fingerprint density at radius 2 is 0.312 bits per heavy atom. The maximum atomic E-state index is 2.34. The zero-order valence-electron chi connectivity index (χ0n) is 35.2. The van der Waals surface area contributed by atoms with E-state index in [0.717, 1.165) is 0 Å². The van der Waals surface area contributed by atoms with Crippen molar-refractivity contribution in [1.82, 2.24) is 0 Å². The Hall–Kier alpha value is -8.32. The molecular formula is C64H42. The van der Waals surface area contributed by atoms with E-state index in [1.165, 1.54) is 121 Å². The van der Waals surface area contributed by atoms with Crippen molar-refractivity contribution in [2.24, 2.45) is 0 Å². The molecular weight excluding hydrogens is 769 g/mol. The lowest BCUT2D eigenvalue weighted by Crippen LogP contribution is -1.96. The Morgan fingerprint density at radius 3 is 0.594 bits per heavy atom. The maximum absolute atomic E-state index is 2.34. The average molecular weight is 811 g/mol. The molecule has 0 aliphatic carbocycles. The van der Waals surface area contributed by atoms with Crippen molar-refractivity contribution >= 4 is 43.1 Å². The number of rotatable bonds is 7. The van der Waals surface area contributed by atoms with E-state index in [2.05, 4.69) is 255 Å². The van der Waals surface area contributed by atoms with Gasteiger partial charge in [0, 0.05) is 0 Å². The molecule has 0 aliphatic heterocycles. The van der Waals surface area contributed by atoms with Gasteiger partial charge in [-0.2, -0.15) is 0 Å². The quantitative estimate of drug-likeness (QED) is 0.141. The first-order chi connectivity index (χ1) is 31.8. The normalized spacial score (nSPS) is 11.4. The van der Waals surface area contributed by atoms with E-state index in [0.29, 0.717) is 0 Å². The lowest BCUT2D eigenvalue weighted by molar-refractivity contribution is 1.57. The first kappa shape index (κ1) is 37.4. The molecule has 0 nitrogen and oxygen atoms in total. The molecule has 12 aromatic carbocycles. The van der Waals surface area contributed by atoms with Gasteiger partial charge in [-0.15, -0.1) is 0 Å². The molecule has 0 heterocycles. The van der Waals surface area contributed by atoms with Crippen LogP contribution in [0.2, 0.25) is 0 Å². The molecule has 0 aromatic heterocycles. The van der Waals surface area contributed by atoms with Crippen LogP contribution < -0.4 is 0 Å². The van der Waals surface area contributed by atoms with Crippen molar-refractivity contribution in [1.29, 1.82) is 0 Å². The van der Waals surface area contributed by atoms with Crippen LogP contribution in [0.25, 0.3) is 121 Å². The molecule has 0 saturated carbocycles. The van der Waals surface area contributed by atoms with E-state index in [-0.39, 0.29) is 0 Å². The van der Waals surface area contributed by atoms with Gasteiger partial charge >= 0.3 is 0 Å². The van der Waals surface area contributed by atoms with Gasteiger partial charge in [0.2, 0.25) is 0 Å². The minimum absolute atomic E-state index is 1.21. The van der Waals surface area contributed by atoms with Crippen LogP contribution in [0.4, 0.5) is 0 Å². The number of benzene rings is 12. The van der Waals surface area contributed by atoms with E-state index in [9.17, 15) is 0 Å². The highest BCUT2D eigenvalue weighted by atomic mass is 14.3. The molecule has 12 aromatic rings. The minimum Gasteiger partial charge on any atom is -0.0622 e. The molecule has 298 valence electrons. The van der Waals surface area contributed by atoms with E-state index >= 15 is 0 Å². The number of fused-ring (bicyclic) bond motifs is 4. The van der Waals surface area contributed by atoms with Gasteiger partial charge in [0.25, 0.3) is 0 Å². The third-order valence-corrected chi connectivity index (χ3v) is 13.1. The lowest BCUT2D eigenvalue weighted by Gasteiger charge is -2.24. The molecule has 12 rings (SSSR count). The molecule has 0 amide bonds. The van der Waals surface area contributed by atoms with Crippen LogP contribution in [0.5, 0.6) is 0 Å². The Balaban J connectivity index is 1.15. The fraction of sp³-hybridized carbons (Fsp3) is 0. The molecule has 0 spiro atoms. The van der Waals surface area contributed by atoms with Crippen LogP contribution in [-0.4, -0.2) is 0 Å². The van der Waals surface area contributed by atoms with Crippen molar-refractivity contribution in [2.75, 3.05) is 0 Å². The monoisotopic (exact) mass is 810 g/mol. The van der Waals surface area contributed by atoms with Crippen molar-refractivity contribution in [2.45, 2.75) is 0 Å². The van der Waals surface area contributed by atoms with Gasteiger partial charge in [-0.05, 0) is 121 Å². The maximum Gasteiger partial charge on any atom is -0.00139 e. The molecule has 0 bridgehead atoms. The molecule has 0 fully saturated rings. The SMILES string of the molecule is c1ccc(-c2ccccc2-c2ccccc2-c2c3ccccc3c(-c3c4ccccc4c(-c4ccccc4-c4ccccc4-c4ccccc4)c4ccccc34)c3ccccc23)cc1. The summed E-state index contributed by atoms with van der Waals surface area (Å²) in [5.74, 6) is 0. The summed E-state index contributed by atoms with van der Waals surface area (Å²) in [5.41, 5.74) is 17.2. The molecule has 64 heavy (non-hydrogen) atoms. The van der Waals surface area contributed by atoms with Crippen LogP contribution in [0, 0.1) is 0 Å². The zero-order valence-corrected chi connectivity index (χ0v) is 35.2. The first-order valence-corrected chi connectivity index (χ1v) is 22.2. The van der Waals surface area contributed by atoms with Crippen molar-refractivity contribution in [3.63, 3.8) is 0 Å². The van der Waals surface area contributed by atoms with E-state index in [4.69, 9.17) is 0 Å². The predicted molar refractivity (Wildman–Crippen MR) is 275 cm³/mol. The molecule has 0 atom stereocenters. The van der Waals surface area contributed by atoms with E-state index in [1.807, 2.05) is 0 Å². The molecule has 0 unspecified atom stereocenters. The summed E-state index contributed by atoms with van der Waals surface area (Å²) in [4.78, 5) is 0. The summed E-state index contributed by atoms with van der Waals surface area (Å²) < 4.78 is 0. The zero-order chi connectivity index (χ0) is 42.4. The summed E-state index contributed by atoms with van der Waals surface area (Å²) in [7, 11) is 0. The second kappa shape index (κ2) is 15.9. The minimum atomic E-state index is 1.21. The van der Waals surface area contributed by atoms with Crippen LogP contribution in [0.15, 0.2) is 255 Å². The number of hydrogen-bond donors (Lipinski definition) is 0. The standard InChI is InChI=1S/C64H42/c1-3-23-43(24-4-1)45-27-7-9-29-47(45)49-31-11-13-33-51(49)61-53-35-15-19-39-57(53)63(58-40-20-16-36-54(58)61)64-59-41-21-17-37-55(59)62(56-38-18-22-42-60(56)64)52-34-14-12-32-50(52)48-30-10-8-28-46(48)44-25-5-2-6-26-44/h1-42H. The number of hydrogen-bond acceptors (Lipinski definition) is 0. The third-order valence-electron chi connectivity index (χ3n) is 13.1. The second-order valence-electron chi connectivity index (χ2n) is 16.6. The fourth-order valence-electron chi connectivity index (χ4n) is 10.4. The molecule has 0 radical (unpaired) electrons. The van der Waals surface area contributed by atoms with Gasteiger partial charge < -0.3 is 0 Å². The van der Waals surface area contributed by atoms with Gasteiger partial charge in [-0.1, -0.05) is 255 Å². The lowest BCUT2D eigenvalue weighted by atomic mass is 9.79. The largest absolute Gasteiger partial charge is 0.0622 e. The smallest absolute Gasteiger partial charge is 0.00139 e. The molecule has 0 heteroatoms. The predicted octanol–water partition coefficient (Wildman–Crippen LogP) is 18.0. The van der Waals surface area contributed by atoms with Crippen molar-refractivity contribution in [3.05, 3.63) is 255 Å². The molecule has 0 N–H and O–H groups in total. The summed E-state index contributed by atoms with van der Waals surface area (Å²) in [5, 5.41) is 9.90. The second-order valence-corrected chi connectivity index (χ2v) is 16.6. The summed E-state index contributed by atoms with van der Waals surface area (Å²) in [6.45, 7) is 0. The highest BCUT2D eigenvalue weighted by Crippen LogP contribution is 2.52. The van der Waals surface area contributed by atoms with E-state index in [1.54, 1.807) is 0 Å². The van der Waals surface area contributed by atoms with Gasteiger partial charge in [-0.25, -0.2) is 0 Å². The Labute approximate surface area is 374 Å². The topological polar surface area (TPSA) is 0 Å². The van der Waals surface area contributed by atoms with Crippen molar-refractivity contribution in [3.8, 4) is 77.9 Å². The van der Waals surface area contributed by atoms with Gasteiger partial charge in [0.15, 0.2) is 0 Å². The Bertz CT molecular complexity index is 3350. The van der Waals surface area contributed by atoms with Crippen LogP contribution >= 0.6 is 0 Å². The molecule has 0 aliphatic rings. The van der Waals surface area contributed by atoms with Gasteiger partial charge in [0.05, 0.1) is 0 Å². The summed E-state index contributed by atoms with van der Waals surface area (Å²) >= 11 is 0. The van der Waals surface area contributed by atoms with Crippen molar-refractivity contribution < 1.29 is 0 Å². The fourth-order valence-corrected chi connectivity index (χ4v) is 10.4. The first-order valence-electron chi connectivity index (χ1n) is 22.2.